The van der Waals surface area contributed by atoms with Crippen molar-refractivity contribution in [2.75, 3.05) is 17.7 Å². The van der Waals surface area contributed by atoms with E-state index in [0.29, 0.717) is 22.5 Å². The van der Waals surface area contributed by atoms with Crippen molar-refractivity contribution in [1.82, 2.24) is 0 Å². The summed E-state index contributed by atoms with van der Waals surface area (Å²) in [5, 5.41) is 14.4. The van der Waals surface area contributed by atoms with Crippen molar-refractivity contribution < 1.29 is 14.3 Å². The van der Waals surface area contributed by atoms with Crippen molar-refractivity contribution in [2.45, 2.75) is 13.0 Å². The summed E-state index contributed by atoms with van der Waals surface area (Å²) in [6.45, 7) is 1.49. The van der Waals surface area contributed by atoms with Gasteiger partial charge in [0.25, 0.3) is 5.91 Å². The molecule has 24 heavy (non-hydrogen) atoms. The molecule has 2 aromatic rings. The number of anilines is 2. The molecule has 0 fully saturated rings. The third kappa shape index (κ3) is 4.11. The molecule has 0 heterocycles. The van der Waals surface area contributed by atoms with Crippen molar-refractivity contribution in [3.8, 4) is 6.07 Å². The summed E-state index contributed by atoms with van der Waals surface area (Å²) >= 11 is 0. The monoisotopic (exact) mass is 323 g/mol. The normalized spacial score (nSPS) is 11.0. The van der Waals surface area contributed by atoms with Gasteiger partial charge in [-0.15, -0.1) is 0 Å². The molecule has 6 nitrogen and oxygen atoms in total. The molecule has 2 rings (SSSR count). The van der Waals surface area contributed by atoms with E-state index in [9.17, 15) is 9.59 Å². The van der Waals surface area contributed by atoms with Crippen LogP contribution in [0.1, 0.15) is 22.8 Å². The topological polar surface area (TPSA) is 91.2 Å². The maximum Gasteiger partial charge on any atom is 0.341 e. The van der Waals surface area contributed by atoms with E-state index in [2.05, 4.69) is 10.6 Å². The summed E-state index contributed by atoms with van der Waals surface area (Å²) in [6.07, 6.45) is -0.979. The smallest absolute Gasteiger partial charge is 0.341 e. The molecule has 0 saturated carbocycles. The van der Waals surface area contributed by atoms with Crippen molar-refractivity contribution in [3.05, 3.63) is 59.7 Å². The van der Waals surface area contributed by atoms with Crippen molar-refractivity contribution in [3.63, 3.8) is 0 Å². The quantitative estimate of drug-likeness (QED) is 0.826. The minimum atomic E-state index is -0.979. The van der Waals surface area contributed by atoms with Gasteiger partial charge in [-0.1, -0.05) is 18.2 Å². The molecule has 0 radical (unpaired) electrons. The summed E-state index contributed by atoms with van der Waals surface area (Å²) in [5.74, 6) is -1.06. The highest BCUT2D eigenvalue weighted by Gasteiger charge is 2.20. The van der Waals surface area contributed by atoms with Gasteiger partial charge in [0.1, 0.15) is 0 Å². The van der Waals surface area contributed by atoms with E-state index in [4.69, 9.17) is 10.00 Å². The number of amides is 1. The number of hydrogen-bond donors (Lipinski definition) is 2. The van der Waals surface area contributed by atoms with Crippen molar-refractivity contribution in [2.24, 2.45) is 0 Å². The lowest BCUT2D eigenvalue weighted by atomic mass is 10.2. The Bertz CT molecular complexity index is 796. The zero-order chi connectivity index (χ0) is 17.5. The fraction of sp³-hybridized carbons (Fsp3) is 0.167. The van der Waals surface area contributed by atoms with E-state index in [1.165, 1.54) is 6.92 Å². The number of para-hydroxylation sites is 1. The largest absolute Gasteiger partial charge is 0.449 e. The Hall–Kier alpha value is -3.33. The highest BCUT2D eigenvalue weighted by atomic mass is 16.5. The van der Waals surface area contributed by atoms with Gasteiger partial charge in [-0.3, -0.25) is 4.79 Å². The summed E-state index contributed by atoms with van der Waals surface area (Å²) in [6, 6.07) is 15.4. The number of benzene rings is 2. The summed E-state index contributed by atoms with van der Waals surface area (Å²) in [7, 11) is 1.70. The Morgan fingerprint density at radius 2 is 1.92 bits per heavy atom. The molecule has 0 bridgehead atoms. The second-order valence-corrected chi connectivity index (χ2v) is 5.02. The molecule has 1 atom stereocenters. The maximum atomic E-state index is 12.2. The SMILES string of the molecule is CNc1ccccc1C(=O)O[C@@H](C)C(=O)Nc1cccc(C#N)c1. The van der Waals surface area contributed by atoms with Crippen LogP contribution in [-0.4, -0.2) is 25.0 Å². The number of nitrogens with zero attached hydrogens (tertiary/aromatic N) is 1. The molecule has 0 aliphatic rings. The third-order valence-corrected chi connectivity index (χ3v) is 3.33. The van der Waals surface area contributed by atoms with Gasteiger partial charge in [-0.25, -0.2) is 4.79 Å². The van der Waals surface area contributed by atoms with E-state index in [0.717, 1.165) is 0 Å². The number of hydrogen-bond acceptors (Lipinski definition) is 5. The molecular formula is C18H17N3O3. The third-order valence-electron chi connectivity index (χ3n) is 3.33. The standard InChI is InChI=1S/C18H17N3O3/c1-12(17(22)21-14-7-5-6-13(10-14)11-19)24-18(23)15-8-3-4-9-16(15)20-2/h3-10,12,20H,1-2H3,(H,21,22)/t12-/m0/s1. The van der Waals surface area contributed by atoms with Crippen LogP contribution in [0, 0.1) is 11.3 Å². The first-order valence-corrected chi connectivity index (χ1v) is 7.34. The zero-order valence-electron chi connectivity index (χ0n) is 13.4. The Morgan fingerprint density at radius 1 is 1.17 bits per heavy atom. The molecule has 0 saturated heterocycles. The van der Waals surface area contributed by atoms with Gasteiger partial charge >= 0.3 is 5.97 Å². The first-order chi connectivity index (χ1) is 11.5. The van der Waals surface area contributed by atoms with E-state index in [-0.39, 0.29) is 0 Å². The van der Waals surface area contributed by atoms with Crippen LogP contribution in [0.25, 0.3) is 0 Å². The number of nitriles is 1. The van der Waals surface area contributed by atoms with Gasteiger partial charge in [0.2, 0.25) is 0 Å². The van der Waals surface area contributed by atoms with Crippen molar-refractivity contribution >= 4 is 23.3 Å². The second kappa shape index (κ2) is 7.79. The van der Waals surface area contributed by atoms with E-state index >= 15 is 0 Å². The van der Waals surface area contributed by atoms with Crippen LogP contribution < -0.4 is 10.6 Å². The minimum absolute atomic E-state index is 0.353. The van der Waals surface area contributed by atoms with Gasteiger partial charge in [0.15, 0.2) is 6.10 Å². The molecule has 1 amide bonds. The van der Waals surface area contributed by atoms with Gasteiger partial charge in [0.05, 0.1) is 17.2 Å². The summed E-state index contributed by atoms with van der Waals surface area (Å²) < 4.78 is 5.21. The highest BCUT2D eigenvalue weighted by molar-refractivity contribution is 5.99. The molecule has 6 heteroatoms. The van der Waals surface area contributed by atoms with Crippen LogP contribution in [0.5, 0.6) is 0 Å². The summed E-state index contributed by atoms with van der Waals surface area (Å²) in [5.41, 5.74) is 1.88. The predicted octanol–water partition coefficient (Wildman–Crippen LogP) is 2.78. The van der Waals surface area contributed by atoms with Gasteiger partial charge in [-0.2, -0.15) is 5.26 Å². The summed E-state index contributed by atoms with van der Waals surface area (Å²) in [4.78, 5) is 24.4. The Labute approximate surface area is 140 Å². The molecule has 0 unspecified atom stereocenters. The number of ether oxygens (including phenoxy) is 1. The predicted molar refractivity (Wildman–Crippen MR) is 90.7 cm³/mol. The molecule has 0 aromatic heterocycles. The average molecular weight is 323 g/mol. The number of carbonyl (C=O) groups is 2. The molecule has 122 valence electrons. The van der Waals surface area contributed by atoms with E-state index in [1.807, 2.05) is 6.07 Å². The van der Waals surface area contributed by atoms with Crippen LogP contribution in [0.2, 0.25) is 0 Å². The number of carbonyl (C=O) groups excluding carboxylic acids is 2. The number of esters is 1. The Kier molecular flexibility index (Phi) is 5.53. The van der Waals surface area contributed by atoms with Crippen LogP contribution in [0.4, 0.5) is 11.4 Å². The van der Waals surface area contributed by atoms with Crippen LogP contribution >= 0.6 is 0 Å². The van der Waals surface area contributed by atoms with Crippen LogP contribution in [0.15, 0.2) is 48.5 Å². The van der Waals surface area contributed by atoms with Crippen molar-refractivity contribution in [1.29, 1.82) is 5.26 Å². The number of rotatable bonds is 5. The number of nitrogens with one attached hydrogen (secondary N) is 2. The minimum Gasteiger partial charge on any atom is -0.449 e. The van der Waals surface area contributed by atoms with Crippen LogP contribution in [0.3, 0.4) is 0 Å². The molecule has 0 spiro atoms. The van der Waals surface area contributed by atoms with Gasteiger partial charge in [0, 0.05) is 18.4 Å². The zero-order valence-corrected chi connectivity index (χ0v) is 13.4. The van der Waals surface area contributed by atoms with E-state index in [1.54, 1.807) is 55.6 Å². The maximum absolute atomic E-state index is 12.2. The Balaban J connectivity index is 2.03. The second-order valence-electron chi connectivity index (χ2n) is 5.02. The lowest BCUT2D eigenvalue weighted by molar-refractivity contribution is -0.123. The van der Waals surface area contributed by atoms with E-state index < -0.39 is 18.0 Å². The average Bonchev–Trinajstić information content (AvgIpc) is 2.61. The van der Waals surface area contributed by atoms with Gasteiger partial charge < -0.3 is 15.4 Å². The van der Waals surface area contributed by atoms with Gasteiger partial charge in [-0.05, 0) is 37.3 Å². The molecule has 2 aromatic carbocycles. The Morgan fingerprint density at radius 3 is 2.62 bits per heavy atom. The van der Waals surface area contributed by atoms with Crippen LogP contribution in [-0.2, 0) is 9.53 Å². The molecule has 0 aliphatic heterocycles. The lowest BCUT2D eigenvalue weighted by Crippen LogP contribution is -2.30. The molecule has 0 aliphatic carbocycles. The fourth-order valence-electron chi connectivity index (χ4n) is 2.07. The molecular weight excluding hydrogens is 306 g/mol. The first kappa shape index (κ1) is 17.0. The fourth-order valence-corrected chi connectivity index (χ4v) is 2.07. The first-order valence-electron chi connectivity index (χ1n) is 7.34. The lowest BCUT2D eigenvalue weighted by Gasteiger charge is -2.15. The highest BCUT2D eigenvalue weighted by Crippen LogP contribution is 2.17. The molecule has 2 N–H and O–H groups in total.